The van der Waals surface area contributed by atoms with E-state index in [0.717, 1.165) is 17.0 Å². The molecule has 3 aromatic carbocycles. The SMILES string of the molecule is Cc1cccc(-c2nnc(SC(C)C(=O)Nc3ccc4c(c3)C(=O)c3ccccc3C4=O)n2C)c1. The van der Waals surface area contributed by atoms with Crippen LogP contribution in [0.15, 0.2) is 71.9 Å². The number of hydrogen-bond acceptors (Lipinski definition) is 6. The number of aryl methyl sites for hydroxylation is 1. The topological polar surface area (TPSA) is 94.0 Å². The first-order chi connectivity index (χ1) is 16.8. The van der Waals surface area contributed by atoms with Crippen LogP contribution in [0.3, 0.4) is 0 Å². The number of carbonyl (C=O) groups excluding carboxylic acids is 3. The van der Waals surface area contributed by atoms with E-state index in [1.807, 2.05) is 42.8 Å². The van der Waals surface area contributed by atoms with Gasteiger partial charge in [0.15, 0.2) is 22.5 Å². The molecule has 174 valence electrons. The van der Waals surface area contributed by atoms with E-state index < -0.39 is 5.25 Å². The van der Waals surface area contributed by atoms with Gasteiger partial charge in [0.25, 0.3) is 0 Å². The van der Waals surface area contributed by atoms with Gasteiger partial charge in [-0.2, -0.15) is 0 Å². The minimum atomic E-state index is -0.475. The van der Waals surface area contributed by atoms with Gasteiger partial charge in [0, 0.05) is 40.6 Å². The van der Waals surface area contributed by atoms with E-state index in [4.69, 9.17) is 0 Å². The van der Waals surface area contributed by atoms with E-state index in [1.54, 1.807) is 49.4 Å². The maximum Gasteiger partial charge on any atom is 0.237 e. The van der Waals surface area contributed by atoms with Crippen LogP contribution in [0.5, 0.6) is 0 Å². The molecule has 0 saturated carbocycles. The highest BCUT2D eigenvalue weighted by Gasteiger charge is 2.29. The molecule has 1 aliphatic rings. The molecule has 35 heavy (non-hydrogen) atoms. The monoisotopic (exact) mass is 482 g/mol. The maximum atomic E-state index is 13.0. The zero-order valence-electron chi connectivity index (χ0n) is 19.4. The zero-order chi connectivity index (χ0) is 24.7. The smallest absolute Gasteiger partial charge is 0.237 e. The van der Waals surface area contributed by atoms with Crippen molar-refractivity contribution in [2.45, 2.75) is 24.3 Å². The number of anilines is 1. The Morgan fingerprint density at radius 3 is 2.29 bits per heavy atom. The summed E-state index contributed by atoms with van der Waals surface area (Å²) in [6.45, 7) is 3.80. The second kappa shape index (κ2) is 8.96. The van der Waals surface area contributed by atoms with E-state index in [1.165, 1.54) is 11.8 Å². The molecular weight excluding hydrogens is 460 g/mol. The van der Waals surface area contributed by atoms with Gasteiger partial charge in [-0.15, -0.1) is 10.2 Å². The van der Waals surface area contributed by atoms with Gasteiger partial charge in [0.1, 0.15) is 0 Å². The van der Waals surface area contributed by atoms with E-state index in [9.17, 15) is 14.4 Å². The lowest BCUT2D eigenvalue weighted by molar-refractivity contribution is -0.115. The Kier molecular flexibility index (Phi) is 5.82. The second-order valence-electron chi connectivity index (χ2n) is 8.45. The van der Waals surface area contributed by atoms with Crippen LogP contribution in [0.4, 0.5) is 5.69 Å². The molecule has 4 aromatic rings. The van der Waals surface area contributed by atoms with Crippen LogP contribution in [-0.2, 0) is 11.8 Å². The van der Waals surface area contributed by atoms with Crippen molar-refractivity contribution in [1.82, 2.24) is 14.8 Å². The summed E-state index contributed by atoms with van der Waals surface area (Å²) >= 11 is 1.29. The maximum absolute atomic E-state index is 13.0. The van der Waals surface area contributed by atoms with Crippen molar-refractivity contribution < 1.29 is 14.4 Å². The number of carbonyl (C=O) groups is 3. The van der Waals surface area contributed by atoms with Gasteiger partial charge >= 0.3 is 0 Å². The normalized spacial score (nSPS) is 13.2. The van der Waals surface area contributed by atoms with Crippen LogP contribution in [0.2, 0.25) is 0 Å². The second-order valence-corrected chi connectivity index (χ2v) is 9.76. The van der Waals surface area contributed by atoms with Crippen molar-refractivity contribution in [2.24, 2.45) is 7.05 Å². The van der Waals surface area contributed by atoms with Gasteiger partial charge in [0.05, 0.1) is 5.25 Å². The van der Waals surface area contributed by atoms with Gasteiger partial charge in [-0.05, 0) is 38.1 Å². The number of nitrogens with zero attached hydrogens (tertiary/aromatic N) is 3. The molecule has 0 bridgehead atoms. The highest BCUT2D eigenvalue weighted by molar-refractivity contribution is 8.00. The molecule has 1 atom stereocenters. The molecule has 1 heterocycles. The van der Waals surface area contributed by atoms with Gasteiger partial charge < -0.3 is 9.88 Å². The lowest BCUT2D eigenvalue weighted by atomic mass is 9.84. The minimum Gasteiger partial charge on any atom is -0.325 e. The summed E-state index contributed by atoms with van der Waals surface area (Å²) in [7, 11) is 1.87. The van der Waals surface area contributed by atoms with Gasteiger partial charge in [-0.3, -0.25) is 14.4 Å². The number of thioether (sulfide) groups is 1. The molecular formula is C27H22N4O3S. The average molecular weight is 483 g/mol. The fraction of sp³-hybridized carbons (Fsp3) is 0.148. The fourth-order valence-electron chi connectivity index (χ4n) is 4.09. The molecule has 8 heteroatoms. The number of hydrogen-bond donors (Lipinski definition) is 1. The quantitative estimate of drug-likeness (QED) is 0.366. The first kappa shape index (κ1) is 22.7. The van der Waals surface area contributed by atoms with Crippen LogP contribution < -0.4 is 5.32 Å². The van der Waals surface area contributed by atoms with Crippen molar-refractivity contribution in [3.63, 3.8) is 0 Å². The summed E-state index contributed by atoms with van der Waals surface area (Å²) in [5.74, 6) is 0.0622. The Balaban J connectivity index is 1.32. The van der Waals surface area contributed by atoms with E-state index in [0.29, 0.717) is 33.1 Å². The molecule has 1 amide bonds. The summed E-state index contributed by atoms with van der Waals surface area (Å²) in [5, 5.41) is 11.6. The third-order valence-corrected chi connectivity index (χ3v) is 7.09. The van der Waals surface area contributed by atoms with E-state index in [2.05, 4.69) is 15.5 Å². The standard InChI is InChI=1S/C27H22N4O3S/c1-15-7-6-8-17(13-15)25-29-30-27(31(25)3)35-16(2)26(34)28-18-11-12-21-22(14-18)24(33)20-10-5-4-9-19(20)23(21)32/h4-14,16H,1-3H3,(H,28,34). The van der Waals surface area contributed by atoms with Gasteiger partial charge in [0.2, 0.25) is 5.91 Å². The Bertz CT molecular complexity index is 1510. The van der Waals surface area contributed by atoms with Crippen LogP contribution in [0.1, 0.15) is 44.3 Å². The van der Waals surface area contributed by atoms with Crippen LogP contribution in [0.25, 0.3) is 11.4 Å². The van der Waals surface area contributed by atoms with Gasteiger partial charge in [-0.25, -0.2) is 0 Å². The van der Waals surface area contributed by atoms with E-state index >= 15 is 0 Å². The molecule has 5 rings (SSSR count). The van der Waals surface area contributed by atoms with E-state index in [-0.39, 0.29) is 17.5 Å². The first-order valence-corrected chi connectivity index (χ1v) is 12.0. The Hall–Kier alpha value is -4.04. The Labute approximate surface area is 206 Å². The third kappa shape index (κ3) is 4.17. The summed E-state index contributed by atoms with van der Waals surface area (Å²) in [5.41, 5.74) is 3.96. The molecule has 1 aliphatic carbocycles. The lowest BCUT2D eigenvalue weighted by Gasteiger charge is -2.18. The molecule has 7 nitrogen and oxygen atoms in total. The zero-order valence-corrected chi connectivity index (χ0v) is 20.2. The summed E-state index contributed by atoms with van der Waals surface area (Å²) < 4.78 is 1.86. The minimum absolute atomic E-state index is 0.191. The van der Waals surface area contributed by atoms with Crippen molar-refractivity contribution in [2.75, 3.05) is 5.32 Å². The number of rotatable bonds is 5. The van der Waals surface area contributed by atoms with Crippen molar-refractivity contribution in [1.29, 1.82) is 0 Å². The predicted octanol–water partition coefficient (Wildman–Crippen LogP) is 4.69. The summed E-state index contributed by atoms with van der Waals surface area (Å²) in [4.78, 5) is 38.7. The lowest BCUT2D eigenvalue weighted by Crippen LogP contribution is -2.24. The molecule has 0 aliphatic heterocycles. The van der Waals surface area contributed by atoms with Crippen molar-refractivity contribution in [3.8, 4) is 11.4 Å². The third-order valence-electron chi connectivity index (χ3n) is 5.96. The number of amides is 1. The number of ketones is 2. The predicted molar refractivity (Wildman–Crippen MR) is 135 cm³/mol. The molecule has 1 unspecified atom stereocenters. The van der Waals surface area contributed by atoms with Crippen molar-refractivity contribution >= 4 is 34.9 Å². The number of benzene rings is 3. The van der Waals surface area contributed by atoms with Gasteiger partial charge in [-0.1, -0.05) is 59.8 Å². The Morgan fingerprint density at radius 1 is 0.886 bits per heavy atom. The molecule has 0 fully saturated rings. The molecule has 1 N–H and O–H groups in total. The number of aromatic nitrogens is 3. The van der Waals surface area contributed by atoms with Crippen LogP contribution >= 0.6 is 11.8 Å². The first-order valence-electron chi connectivity index (χ1n) is 11.1. The Morgan fingerprint density at radius 2 is 1.57 bits per heavy atom. The summed E-state index contributed by atoms with van der Waals surface area (Å²) in [6, 6.07) is 19.6. The number of fused-ring (bicyclic) bond motifs is 2. The highest BCUT2D eigenvalue weighted by Crippen LogP contribution is 2.30. The van der Waals surface area contributed by atoms with Crippen LogP contribution in [0, 0.1) is 6.92 Å². The van der Waals surface area contributed by atoms with Crippen LogP contribution in [-0.4, -0.2) is 37.5 Å². The fourth-order valence-corrected chi connectivity index (χ4v) is 4.90. The average Bonchev–Trinajstić information content (AvgIpc) is 3.22. The summed E-state index contributed by atoms with van der Waals surface area (Å²) in [6.07, 6.45) is 0. The highest BCUT2D eigenvalue weighted by atomic mass is 32.2. The molecule has 0 radical (unpaired) electrons. The van der Waals surface area contributed by atoms with Crippen molar-refractivity contribution in [3.05, 3.63) is 94.5 Å². The molecule has 0 saturated heterocycles. The largest absolute Gasteiger partial charge is 0.325 e. The molecule has 1 aromatic heterocycles. The molecule has 0 spiro atoms. The number of nitrogens with one attached hydrogen (secondary N) is 1.